The van der Waals surface area contributed by atoms with E-state index in [1.54, 1.807) is 14.0 Å². The minimum absolute atomic E-state index is 0.0666. The molecule has 192 valence electrons. The number of benzene rings is 3. The summed E-state index contributed by atoms with van der Waals surface area (Å²) in [5, 5.41) is 6.33. The van der Waals surface area contributed by atoms with E-state index < -0.39 is 18.1 Å². The number of carbonyl (C=O) groups is 3. The lowest BCUT2D eigenvalue weighted by Crippen LogP contribution is -2.52. The van der Waals surface area contributed by atoms with Crippen LogP contribution in [0.2, 0.25) is 0 Å². The molecule has 8 nitrogen and oxygen atoms in total. The molecule has 5 rings (SSSR count). The molecule has 0 aliphatic carbocycles. The molecule has 0 bridgehead atoms. The summed E-state index contributed by atoms with van der Waals surface area (Å²) in [5.41, 5.74) is 4.40. The van der Waals surface area contributed by atoms with Crippen LogP contribution in [0.1, 0.15) is 29.4 Å². The van der Waals surface area contributed by atoms with Crippen molar-refractivity contribution in [3.05, 3.63) is 101 Å². The molecule has 2 heterocycles. The highest BCUT2D eigenvalue weighted by molar-refractivity contribution is 6.20. The molecule has 2 N–H and O–H groups in total. The number of benzodiazepines with no additional fused rings is 1. The van der Waals surface area contributed by atoms with E-state index in [1.807, 2.05) is 85.8 Å². The number of furan rings is 1. The molecule has 2 atom stereocenters. The lowest BCUT2D eigenvalue weighted by molar-refractivity contribution is -0.130. The van der Waals surface area contributed by atoms with E-state index in [9.17, 15) is 14.4 Å². The van der Waals surface area contributed by atoms with Crippen LogP contribution in [-0.4, -0.2) is 42.7 Å². The third kappa shape index (κ3) is 4.80. The molecule has 1 aliphatic heterocycles. The zero-order chi connectivity index (χ0) is 26.8. The molecule has 3 aromatic carbocycles. The van der Waals surface area contributed by atoms with Crippen LogP contribution in [0.4, 0.5) is 5.69 Å². The fraction of sp³-hybridized carbons (Fsp3) is 0.200. The van der Waals surface area contributed by atoms with E-state index in [0.717, 1.165) is 22.1 Å². The van der Waals surface area contributed by atoms with Crippen molar-refractivity contribution in [3.63, 3.8) is 0 Å². The number of anilines is 1. The molecular weight excluding hydrogens is 480 g/mol. The Balaban J connectivity index is 1.34. The average molecular weight is 509 g/mol. The van der Waals surface area contributed by atoms with Gasteiger partial charge in [-0.3, -0.25) is 14.4 Å². The predicted octanol–water partition coefficient (Wildman–Crippen LogP) is 3.74. The fourth-order valence-electron chi connectivity index (χ4n) is 4.66. The van der Waals surface area contributed by atoms with Crippen molar-refractivity contribution in [1.29, 1.82) is 0 Å². The maximum Gasteiger partial charge on any atom is 0.272 e. The number of amides is 3. The van der Waals surface area contributed by atoms with E-state index in [1.165, 1.54) is 4.90 Å². The highest BCUT2D eigenvalue weighted by atomic mass is 16.3. The highest BCUT2D eigenvalue weighted by Crippen LogP contribution is 2.27. The first-order valence-corrected chi connectivity index (χ1v) is 12.4. The van der Waals surface area contributed by atoms with Gasteiger partial charge in [0.15, 0.2) is 0 Å². The van der Waals surface area contributed by atoms with Gasteiger partial charge in [0.2, 0.25) is 18.0 Å². The summed E-state index contributed by atoms with van der Waals surface area (Å²) in [4.78, 5) is 45.5. The fourth-order valence-corrected chi connectivity index (χ4v) is 4.66. The van der Waals surface area contributed by atoms with Crippen molar-refractivity contribution in [1.82, 2.24) is 10.6 Å². The first-order chi connectivity index (χ1) is 18.3. The number of aryl methyl sites for hydroxylation is 1. The van der Waals surface area contributed by atoms with Gasteiger partial charge >= 0.3 is 0 Å². The summed E-state index contributed by atoms with van der Waals surface area (Å²) in [6.07, 6.45) is -1.09. The Kier molecular flexibility index (Phi) is 6.79. The minimum atomic E-state index is -1.16. The molecule has 4 aromatic rings. The molecule has 2 unspecified atom stereocenters. The molecule has 0 saturated heterocycles. The van der Waals surface area contributed by atoms with Gasteiger partial charge in [-0.1, -0.05) is 66.7 Å². The van der Waals surface area contributed by atoms with Crippen LogP contribution in [-0.2, 0) is 20.8 Å². The smallest absolute Gasteiger partial charge is 0.272 e. The molecule has 38 heavy (non-hydrogen) atoms. The van der Waals surface area contributed by atoms with Crippen molar-refractivity contribution in [2.75, 3.05) is 11.9 Å². The summed E-state index contributed by atoms with van der Waals surface area (Å²) in [5.74, 6) is -0.558. The Morgan fingerprint density at radius 1 is 1.00 bits per heavy atom. The second-order valence-corrected chi connectivity index (χ2v) is 9.27. The molecule has 1 aliphatic rings. The second kappa shape index (κ2) is 10.3. The van der Waals surface area contributed by atoms with Crippen molar-refractivity contribution in [3.8, 4) is 0 Å². The summed E-state index contributed by atoms with van der Waals surface area (Å²) >= 11 is 0. The Bertz CT molecular complexity index is 1560. The molecule has 8 heteroatoms. The average Bonchev–Trinajstić information content (AvgIpc) is 3.19. The number of nitrogens with one attached hydrogen (secondary N) is 2. The van der Waals surface area contributed by atoms with Gasteiger partial charge < -0.3 is 20.0 Å². The van der Waals surface area contributed by atoms with E-state index >= 15 is 0 Å². The first-order valence-electron chi connectivity index (χ1n) is 12.4. The van der Waals surface area contributed by atoms with Crippen LogP contribution in [0.3, 0.4) is 0 Å². The molecule has 3 amide bonds. The maximum atomic E-state index is 13.3. The van der Waals surface area contributed by atoms with Crippen LogP contribution < -0.4 is 15.5 Å². The van der Waals surface area contributed by atoms with Gasteiger partial charge in [-0.2, -0.15) is 0 Å². The quantitative estimate of drug-likeness (QED) is 0.414. The van der Waals surface area contributed by atoms with Crippen LogP contribution in [0.15, 0.2) is 88.3 Å². The molecule has 0 saturated carbocycles. The molecule has 0 radical (unpaired) electrons. The Labute approximate surface area is 220 Å². The number of hydrogen-bond donors (Lipinski definition) is 2. The minimum Gasteiger partial charge on any atom is -0.461 e. The lowest BCUT2D eigenvalue weighted by atomic mass is 10.0. The number of fused-ring (bicyclic) bond motifs is 2. The van der Waals surface area contributed by atoms with Gasteiger partial charge in [0, 0.05) is 29.1 Å². The van der Waals surface area contributed by atoms with Crippen molar-refractivity contribution >= 4 is 40.1 Å². The van der Waals surface area contributed by atoms with E-state index in [0.29, 0.717) is 22.7 Å². The number of aliphatic imine (C=N–C) groups is 1. The van der Waals surface area contributed by atoms with Gasteiger partial charge in [0.25, 0.3) is 5.91 Å². The van der Waals surface area contributed by atoms with Crippen LogP contribution in [0, 0.1) is 6.92 Å². The number of rotatable bonds is 6. The van der Waals surface area contributed by atoms with Crippen LogP contribution in [0.25, 0.3) is 11.0 Å². The van der Waals surface area contributed by atoms with Crippen molar-refractivity contribution in [2.24, 2.45) is 4.99 Å². The Morgan fingerprint density at radius 2 is 1.68 bits per heavy atom. The largest absolute Gasteiger partial charge is 0.461 e. The zero-order valence-electron chi connectivity index (χ0n) is 21.4. The van der Waals surface area contributed by atoms with E-state index in [-0.39, 0.29) is 18.2 Å². The first kappa shape index (κ1) is 25.0. The summed E-state index contributed by atoms with van der Waals surface area (Å²) in [7, 11) is 1.66. The molecule has 1 aromatic heterocycles. The number of likely N-dealkylation sites (N-methyl/N-ethyl adjacent to an activating group) is 1. The van der Waals surface area contributed by atoms with Crippen LogP contribution >= 0.6 is 0 Å². The van der Waals surface area contributed by atoms with Gasteiger partial charge in [0.1, 0.15) is 17.4 Å². The van der Waals surface area contributed by atoms with Gasteiger partial charge in [-0.25, -0.2) is 4.99 Å². The van der Waals surface area contributed by atoms with Crippen LogP contribution in [0.5, 0.6) is 0 Å². The zero-order valence-corrected chi connectivity index (χ0v) is 21.4. The molecule has 0 spiro atoms. The monoisotopic (exact) mass is 508 g/mol. The SMILES string of the molecule is Cc1oc2ccccc2c1CC(=O)NC(C)C(=O)NC1N=C(c2ccccc2)c2ccccc2N(C)C1=O. The lowest BCUT2D eigenvalue weighted by Gasteiger charge is -2.22. The number of nitrogens with zero attached hydrogens (tertiary/aromatic N) is 2. The van der Waals surface area contributed by atoms with Crippen molar-refractivity contribution in [2.45, 2.75) is 32.5 Å². The van der Waals surface area contributed by atoms with Gasteiger partial charge in [-0.15, -0.1) is 0 Å². The Hall–Kier alpha value is -4.72. The highest BCUT2D eigenvalue weighted by Gasteiger charge is 2.32. The van der Waals surface area contributed by atoms with Gasteiger partial charge in [0.05, 0.1) is 17.8 Å². The summed E-state index contributed by atoms with van der Waals surface area (Å²) in [6.45, 7) is 3.39. The number of hydrogen-bond acceptors (Lipinski definition) is 5. The predicted molar refractivity (Wildman–Crippen MR) is 146 cm³/mol. The Morgan fingerprint density at radius 3 is 2.47 bits per heavy atom. The van der Waals surface area contributed by atoms with E-state index in [4.69, 9.17) is 9.41 Å². The topological polar surface area (TPSA) is 104 Å². The molecular formula is C30H28N4O4. The summed E-state index contributed by atoms with van der Waals surface area (Å²) in [6, 6.07) is 23.6. The molecule has 0 fully saturated rings. The third-order valence-corrected chi connectivity index (χ3v) is 6.68. The summed E-state index contributed by atoms with van der Waals surface area (Å²) < 4.78 is 5.74. The number of carbonyl (C=O) groups excluding carboxylic acids is 3. The normalized spacial score (nSPS) is 15.9. The third-order valence-electron chi connectivity index (χ3n) is 6.68. The number of para-hydroxylation sites is 2. The second-order valence-electron chi connectivity index (χ2n) is 9.27. The van der Waals surface area contributed by atoms with E-state index in [2.05, 4.69) is 10.6 Å². The standard InChI is InChI=1S/C30H28N4O4/c1-18(31-26(35)17-23-19(2)38-25-16-10-8-13-21(23)25)29(36)33-28-30(37)34(3)24-15-9-7-14-22(24)27(32-28)20-11-5-4-6-12-20/h4-16,18,28H,17H2,1-3H3,(H,31,35)(H,33,36). The maximum absolute atomic E-state index is 13.3. The van der Waals surface area contributed by atoms with Gasteiger partial charge in [-0.05, 0) is 26.0 Å². The van der Waals surface area contributed by atoms with Crippen molar-refractivity contribution < 1.29 is 18.8 Å².